The summed E-state index contributed by atoms with van der Waals surface area (Å²) in [7, 11) is 0. The lowest BCUT2D eigenvalue weighted by Crippen LogP contribution is -2.38. The van der Waals surface area contributed by atoms with Crippen LogP contribution in [0.1, 0.15) is 33.1 Å². The lowest BCUT2D eigenvalue weighted by atomic mass is 9.71. The summed E-state index contributed by atoms with van der Waals surface area (Å²) in [5.74, 6) is 0.522. The number of rotatable bonds is 1. The summed E-state index contributed by atoms with van der Waals surface area (Å²) in [6.07, 6.45) is 4.27. The third-order valence-electron chi connectivity index (χ3n) is 4.49. The summed E-state index contributed by atoms with van der Waals surface area (Å²) in [5, 5.41) is 9.45. The van der Waals surface area contributed by atoms with E-state index in [4.69, 9.17) is 4.74 Å². The number of nitrogens with zero attached hydrogens (tertiary/aromatic N) is 1. The number of carbonyl (C=O) groups is 1. The van der Waals surface area contributed by atoms with Gasteiger partial charge in [0.25, 0.3) is 0 Å². The zero-order valence-electron chi connectivity index (χ0n) is 9.62. The van der Waals surface area contributed by atoms with Crippen molar-refractivity contribution >= 4 is 5.78 Å². The van der Waals surface area contributed by atoms with Crippen LogP contribution in [-0.4, -0.2) is 17.5 Å². The van der Waals surface area contributed by atoms with Crippen molar-refractivity contribution in [3.8, 4) is 6.07 Å². The Morgan fingerprint density at radius 2 is 2.44 bits per heavy atom. The van der Waals surface area contributed by atoms with Gasteiger partial charge in [0.1, 0.15) is 0 Å². The molecular weight excluding hydrogens is 202 g/mol. The van der Waals surface area contributed by atoms with Crippen LogP contribution in [0.25, 0.3) is 0 Å². The number of carbonyl (C=O) groups excluding carboxylic acids is 1. The number of nitriles is 1. The van der Waals surface area contributed by atoms with Gasteiger partial charge in [0.2, 0.25) is 0 Å². The topological polar surface area (TPSA) is 50.1 Å². The van der Waals surface area contributed by atoms with Gasteiger partial charge in [-0.2, -0.15) is 5.26 Å². The van der Waals surface area contributed by atoms with Gasteiger partial charge in [-0.15, -0.1) is 0 Å². The largest absolute Gasteiger partial charge is 0.367 e. The van der Waals surface area contributed by atoms with Crippen LogP contribution in [0.2, 0.25) is 0 Å². The third-order valence-corrected chi connectivity index (χ3v) is 4.49. The molecule has 2 aliphatic carbocycles. The van der Waals surface area contributed by atoms with E-state index in [-0.39, 0.29) is 17.5 Å². The number of ether oxygens (including phenoxy) is 1. The number of ketones is 1. The Morgan fingerprint density at radius 1 is 1.69 bits per heavy atom. The zero-order chi connectivity index (χ0) is 11.6. The quantitative estimate of drug-likeness (QED) is 0.631. The predicted molar refractivity (Wildman–Crippen MR) is 57.4 cm³/mol. The normalized spacial score (nSPS) is 50.9. The SMILES string of the molecule is CC(=O)/C=C1\C2CC3C[C@@]1(C#N)CC3(C)O2. The molecule has 0 aromatic heterocycles. The molecule has 84 valence electrons. The Balaban J connectivity index is 2.10. The Hall–Kier alpha value is -1.14. The Kier molecular flexibility index (Phi) is 1.73. The van der Waals surface area contributed by atoms with Crippen LogP contribution in [0.3, 0.4) is 0 Å². The maximum Gasteiger partial charge on any atom is 0.152 e. The summed E-state index contributed by atoms with van der Waals surface area (Å²) < 4.78 is 6.01. The molecule has 4 atom stereocenters. The number of allylic oxidation sites excluding steroid dienone is 1. The minimum atomic E-state index is -0.410. The number of hydrogen-bond acceptors (Lipinski definition) is 3. The van der Waals surface area contributed by atoms with E-state index in [0.29, 0.717) is 5.92 Å². The predicted octanol–water partition coefficient (Wildman–Crippen LogP) is 1.98. The van der Waals surface area contributed by atoms with Gasteiger partial charge in [-0.1, -0.05) is 0 Å². The summed E-state index contributed by atoms with van der Waals surface area (Å²) in [5.41, 5.74) is 0.412. The van der Waals surface area contributed by atoms with Crippen molar-refractivity contribution in [2.75, 3.05) is 0 Å². The van der Waals surface area contributed by atoms with Crippen LogP contribution >= 0.6 is 0 Å². The van der Waals surface area contributed by atoms with E-state index in [1.807, 2.05) is 0 Å². The van der Waals surface area contributed by atoms with Gasteiger partial charge >= 0.3 is 0 Å². The first-order valence-corrected chi connectivity index (χ1v) is 5.81. The highest BCUT2D eigenvalue weighted by Gasteiger charge is 2.66. The summed E-state index contributed by atoms with van der Waals surface area (Å²) >= 11 is 0. The van der Waals surface area contributed by atoms with Crippen molar-refractivity contribution in [1.82, 2.24) is 0 Å². The van der Waals surface area contributed by atoms with Crippen LogP contribution in [0, 0.1) is 22.7 Å². The second-order valence-corrected chi connectivity index (χ2v) is 5.64. The maximum atomic E-state index is 11.2. The van der Waals surface area contributed by atoms with Crippen LogP contribution in [-0.2, 0) is 9.53 Å². The van der Waals surface area contributed by atoms with Crippen molar-refractivity contribution in [2.24, 2.45) is 11.3 Å². The lowest BCUT2D eigenvalue weighted by Gasteiger charge is -2.38. The summed E-state index contributed by atoms with van der Waals surface area (Å²) in [6.45, 7) is 3.65. The molecule has 2 heterocycles. The van der Waals surface area contributed by atoms with Gasteiger partial charge in [0.05, 0.1) is 23.2 Å². The van der Waals surface area contributed by atoms with Crippen molar-refractivity contribution in [3.63, 3.8) is 0 Å². The minimum absolute atomic E-state index is 0.0149. The fourth-order valence-corrected chi connectivity index (χ4v) is 3.87. The monoisotopic (exact) mass is 217 g/mol. The second kappa shape index (κ2) is 2.75. The fourth-order valence-electron chi connectivity index (χ4n) is 3.87. The molecule has 4 rings (SSSR count). The molecule has 3 heteroatoms. The van der Waals surface area contributed by atoms with E-state index < -0.39 is 5.41 Å². The minimum Gasteiger partial charge on any atom is -0.367 e. The van der Waals surface area contributed by atoms with Gasteiger partial charge in [0.15, 0.2) is 5.78 Å². The Morgan fingerprint density at radius 3 is 3.00 bits per heavy atom. The first kappa shape index (κ1) is 10.0. The smallest absolute Gasteiger partial charge is 0.152 e. The van der Waals surface area contributed by atoms with E-state index in [1.165, 1.54) is 6.92 Å². The van der Waals surface area contributed by atoms with Crippen LogP contribution < -0.4 is 0 Å². The standard InChI is InChI=1S/C13H15NO2/c1-8(15)3-10-11-4-9-5-13(10,7-14)6-12(9,2)16-11/h3,9,11H,4-6H2,1-2H3/b10-3+/t9?,11?,12?,13-/m0/s1. The van der Waals surface area contributed by atoms with Crippen molar-refractivity contribution < 1.29 is 9.53 Å². The average Bonchev–Trinajstić information content (AvgIpc) is 2.57. The van der Waals surface area contributed by atoms with E-state index >= 15 is 0 Å². The van der Waals surface area contributed by atoms with E-state index in [9.17, 15) is 10.1 Å². The molecule has 0 aromatic carbocycles. The molecule has 0 amide bonds. The highest BCUT2D eigenvalue weighted by atomic mass is 16.5. The molecule has 3 nitrogen and oxygen atoms in total. The highest BCUT2D eigenvalue weighted by Crippen LogP contribution is 2.65. The second-order valence-electron chi connectivity index (χ2n) is 5.64. The summed E-state index contributed by atoms with van der Waals surface area (Å²) in [6, 6.07) is 2.45. The molecule has 0 spiro atoms. The van der Waals surface area contributed by atoms with Crippen LogP contribution in [0.4, 0.5) is 0 Å². The van der Waals surface area contributed by atoms with Crippen LogP contribution in [0.5, 0.6) is 0 Å². The van der Waals surface area contributed by atoms with E-state index in [0.717, 1.165) is 24.8 Å². The maximum absolute atomic E-state index is 11.2. The number of hydrogen-bond donors (Lipinski definition) is 0. The molecule has 2 aliphatic heterocycles. The third kappa shape index (κ3) is 1.03. The van der Waals surface area contributed by atoms with E-state index in [1.54, 1.807) is 6.08 Å². The van der Waals surface area contributed by atoms with Gasteiger partial charge in [-0.3, -0.25) is 4.79 Å². The molecule has 4 fully saturated rings. The first-order chi connectivity index (χ1) is 7.49. The molecule has 2 saturated carbocycles. The van der Waals surface area contributed by atoms with Gasteiger partial charge in [-0.05, 0) is 50.7 Å². The zero-order valence-corrected chi connectivity index (χ0v) is 9.62. The van der Waals surface area contributed by atoms with Crippen molar-refractivity contribution in [2.45, 2.75) is 44.8 Å². The molecule has 0 aromatic rings. The first-order valence-electron chi connectivity index (χ1n) is 5.81. The van der Waals surface area contributed by atoms with Crippen molar-refractivity contribution in [1.29, 1.82) is 5.26 Å². The Labute approximate surface area is 95.1 Å². The highest BCUT2D eigenvalue weighted by molar-refractivity contribution is 5.88. The van der Waals surface area contributed by atoms with Crippen molar-refractivity contribution in [3.05, 3.63) is 11.6 Å². The lowest BCUT2D eigenvalue weighted by molar-refractivity contribution is -0.113. The molecule has 0 radical (unpaired) electrons. The molecule has 2 saturated heterocycles. The summed E-state index contributed by atoms with van der Waals surface area (Å²) in [4.78, 5) is 11.2. The van der Waals surface area contributed by atoms with Gasteiger partial charge in [-0.25, -0.2) is 0 Å². The Bertz CT molecular complexity index is 447. The van der Waals surface area contributed by atoms with Gasteiger partial charge < -0.3 is 4.74 Å². The molecule has 0 N–H and O–H groups in total. The molecule has 16 heavy (non-hydrogen) atoms. The van der Waals surface area contributed by atoms with Gasteiger partial charge in [0, 0.05) is 0 Å². The average molecular weight is 217 g/mol. The molecular formula is C13H15NO2. The molecule has 4 aliphatic rings. The molecule has 3 unspecified atom stereocenters. The van der Waals surface area contributed by atoms with E-state index in [2.05, 4.69) is 13.0 Å². The van der Waals surface area contributed by atoms with Crippen LogP contribution in [0.15, 0.2) is 11.6 Å². The molecule has 4 bridgehead atoms. The fraction of sp³-hybridized carbons (Fsp3) is 0.692.